The van der Waals surface area contributed by atoms with E-state index in [9.17, 15) is 0 Å². The third-order valence-electron chi connectivity index (χ3n) is 5.86. The van der Waals surface area contributed by atoms with Crippen LogP contribution in [0.2, 0.25) is 19.6 Å². The van der Waals surface area contributed by atoms with Crippen LogP contribution in [0.5, 0.6) is 0 Å². The Balaban J connectivity index is 2.11. The molecule has 20 heavy (non-hydrogen) atoms. The number of rotatable bonds is 3. The van der Waals surface area contributed by atoms with Gasteiger partial charge in [0, 0.05) is 5.41 Å². The molecule has 0 heterocycles. The fourth-order valence-corrected chi connectivity index (χ4v) is 6.00. The molecule has 0 radical (unpaired) electrons. The van der Waals surface area contributed by atoms with E-state index in [0.29, 0.717) is 10.8 Å². The minimum absolute atomic E-state index is 0.000324. The highest BCUT2D eigenvalue weighted by atomic mass is 28.4. The summed E-state index contributed by atoms with van der Waals surface area (Å²) in [7, 11) is -1.52. The van der Waals surface area contributed by atoms with E-state index >= 15 is 0 Å². The lowest BCUT2D eigenvalue weighted by atomic mass is 9.49. The van der Waals surface area contributed by atoms with Crippen molar-refractivity contribution in [3.05, 3.63) is 12.7 Å². The third kappa shape index (κ3) is 2.78. The summed E-state index contributed by atoms with van der Waals surface area (Å²) in [6.45, 7) is 18.3. The van der Waals surface area contributed by atoms with Crippen molar-refractivity contribution < 1.29 is 4.43 Å². The maximum absolute atomic E-state index is 6.65. The van der Waals surface area contributed by atoms with Crippen molar-refractivity contribution in [2.24, 2.45) is 16.7 Å². The van der Waals surface area contributed by atoms with Crippen molar-refractivity contribution in [3.63, 3.8) is 0 Å². The maximum atomic E-state index is 6.65. The first-order valence-electron chi connectivity index (χ1n) is 8.37. The van der Waals surface area contributed by atoms with E-state index in [-0.39, 0.29) is 5.60 Å². The molecule has 1 unspecified atom stereocenters. The van der Waals surface area contributed by atoms with Gasteiger partial charge in [0.15, 0.2) is 8.32 Å². The van der Waals surface area contributed by atoms with Gasteiger partial charge in [-0.05, 0) is 69.5 Å². The van der Waals surface area contributed by atoms with Gasteiger partial charge in [0.25, 0.3) is 0 Å². The molecule has 0 aliphatic heterocycles. The summed E-state index contributed by atoms with van der Waals surface area (Å²) >= 11 is 0. The average molecular weight is 295 g/mol. The van der Waals surface area contributed by atoms with Crippen LogP contribution in [0.25, 0.3) is 0 Å². The van der Waals surface area contributed by atoms with Crippen LogP contribution in [-0.4, -0.2) is 13.9 Å². The second-order valence-electron chi connectivity index (χ2n) is 9.23. The topological polar surface area (TPSA) is 9.23 Å². The highest BCUT2D eigenvalue weighted by Crippen LogP contribution is 2.63. The van der Waals surface area contributed by atoms with Gasteiger partial charge in [-0.2, -0.15) is 0 Å². The summed E-state index contributed by atoms with van der Waals surface area (Å²) in [6, 6.07) is 0. The second kappa shape index (κ2) is 4.98. The molecular weight excluding hydrogens is 260 g/mol. The zero-order valence-corrected chi connectivity index (χ0v) is 15.5. The van der Waals surface area contributed by atoms with Crippen LogP contribution in [0.3, 0.4) is 0 Å². The summed E-state index contributed by atoms with van der Waals surface area (Å²) in [5, 5.41) is 0. The summed E-state index contributed by atoms with van der Waals surface area (Å²) in [5.41, 5.74) is 0.874. The van der Waals surface area contributed by atoms with Gasteiger partial charge >= 0.3 is 0 Å². The molecule has 116 valence electrons. The maximum Gasteiger partial charge on any atom is 0.184 e. The Morgan fingerprint density at radius 2 is 1.60 bits per heavy atom. The van der Waals surface area contributed by atoms with Crippen molar-refractivity contribution in [1.82, 2.24) is 0 Å². The molecule has 0 aromatic rings. The lowest BCUT2D eigenvalue weighted by molar-refractivity contribution is -0.146. The Bertz CT molecular complexity index is 366. The second-order valence-corrected chi connectivity index (χ2v) is 13.7. The molecule has 2 saturated carbocycles. The predicted octanol–water partition coefficient (Wildman–Crippen LogP) is 5.78. The summed E-state index contributed by atoms with van der Waals surface area (Å²) < 4.78 is 6.65. The van der Waals surface area contributed by atoms with Gasteiger partial charge in [0.1, 0.15) is 0 Å². The van der Waals surface area contributed by atoms with Gasteiger partial charge in [0.05, 0.1) is 5.60 Å². The third-order valence-corrected chi connectivity index (χ3v) is 6.83. The molecule has 2 aliphatic carbocycles. The van der Waals surface area contributed by atoms with Crippen molar-refractivity contribution in [3.8, 4) is 0 Å². The quantitative estimate of drug-likeness (QED) is 0.473. The minimum atomic E-state index is -1.52. The fourth-order valence-electron chi connectivity index (χ4n) is 4.50. The van der Waals surface area contributed by atoms with E-state index in [0.717, 1.165) is 5.92 Å². The van der Waals surface area contributed by atoms with E-state index < -0.39 is 8.32 Å². The van der Waals surface area contributed by atoms with E-state index in [2.05, 4.69) is 53.1 Å². The standard InChI is InChI=1S/C18H34OSi/c1-8-18(19-20(5,6)7)14-13-17(18)11-9-15(10-12-17)16(2,3)4/h8,15H,1,9-14H2,2-7H3. The smallest absolute Gasteiger partial charge is 0.184 e. The molecular formula is C18H34OSi. The summed E-state index contributed by atoms with van der Waals surface area (Å²) in [4.78, 5) is 0. The van der Waals surface area contributed by atoms with Crippen LogP contribution in [0.4, 0.5) is 0 Å². The van der Waals surface area contributed by atoms with Crippen LogP contribution in [0.15, 0.2) is 12.7 Å². The molecule has 1 spiro atoms. The molecule has 0 aromatic heterocycles. The Labute approximate surface area is 127 Å². The van der Waals surface area contributed by atoms with Gasteiger partial charge in [-0.15, -0.1) is 6.58 Å². The van der Waals surface area contributed by atoms with Gasteiger partial charge in [-0.3, -0.25) is 0 Å². The molecule has 2 heteroatoms. The van der Waals surface area contributed by atoms with Gasteiger partial charge in [0.2, 0.25) is 0 Å². The molecule has 2 aliphatic rings. The van der Waals surface area contributed by atoms with E-state index in [4.69, 9.17) is 4.43 Å². The van der Waals surface area contributed by atoms with Crippen LogP contribution in [0, 0.1) is 16.7 Å². The van der Waals surface area contributed by atoms with E-state index in [1.54, 1.807) is 0 Å². The van der Waals surface area contributed by atoms with Gasteiger partial charge < -0.3 is 4.43 Å². The molecule has 2 fully saturated rings. The monoisotopic (exact) mass is 294 g/mol. The van der Waals surface area contributed by atoms with Gasteiger partial charge in [-0.25, -0.2) is 0 Å². The van der Waals surface area contributed by atoms with E-state index in [1.807, 2.05) is 0 Å². The molecule has 0 N–H and O–H groups in total. The first-order chi connectivity index (χ1) is 9.04. The summed E-state index contributed by atoms with van der Waals surface area (Å²) in [6.07, 6.45) is 10.1. The van der Waals surface area contributed by atoms with Crippen LogP contribution in [-0.2, 0) is 4.43 Å². The lowest BCUT2D eigenvalue weighted by Gasteiger charge is -2.63. The molecule has 2 rings (SSSR count). The Morgan fingerprint density at radius 3 is 1.90 bits per heavy atom. The fraction of sp³-hybridized carbons (Fsp3) is 0.889. The number of hydrogen-bond acceptors (Lipinski definition) is 1. The van der Waals surface area contributed by atoms with Crippen LogP contribution in [0.1, 0.15) is 59.3 Å². The van der Waals surface area contributed by atoms with Gasteiger partial charge in [-0.1, -0.05) is 26.8 Å². The number of hydrogen-bond donors (Lipinski definition) is 0. The Kier molecular flexibility index (Phi) is 4.06. The summed E-state index contributed by atoms with van der Waals surface area (Å²) in [5.74, 6) is 0.878. The van der Waals surface area contributed by atoms with Crippen LogP contribution < -0.4 is 0 Å². The van der Waals surface area contributed by atoms with Crippen LogP contribution >= 0.6 is 0 Å². The zero-order chi connectivity index (χ0) is 15.2. The molecule has 0 aromatic carbocycles. The van der Waals surface area contributed by atoms with Crippen molar-refractivity contribution in [1.29, 1.82) is 0 Å². The van der Waals surface area contributed by atoms with E-state index in [1.165, 1.54) is 38.5 Å². The molecule has 1 atom stereocenters. The Morgan fingerprint density at radius 1 is 1.05 bits per heavy atom. The molecule has 1 nitrogen and oxygen atoms in total. The first kappa shape index (κ1) is 16.3. The molecule has 0 saturated heterocycles. The zero-order valence-electron chi connectivity index (χ0n) is 14.5. The lowest BCUT2D eigenvalue weighted by Crippen LogP contribution is -2.62. The van der Waals surface area contributed by atoms with Crippen molar-refractivity contribution >= 4 is 8.32 Å². The minimum Gasteiger partial charge on any atom is -0.408 e. The average Bonchev–Trinajstić information content (AvgIpc) is 2.32. The predicted molar refractivity (Wildman–Crippen MR) is 90.4 cm³/mol. The SMILES string of the molecule is C=CC1(O[Si](C)(C)C)CCC12CCC(C(C)(C)C)CC2. The van der Waals surface area contributed by atoms with Crippen molar-refractivity contribution in [2.45, 2.75) is 84.5 Å². The highest BCUT2D eigenvalue weighted by Gasteiger charge is 2.60. The highest BCUT2D eigenvalue weighted by molar-refractivity contribution is 6.69. The molecule has 0 amide bonds. The largest absolute Gasteiger partial charge is 0.408 e. The van der Waals surface area contributed by atoms with Crippen molar-refractivity contribution in [2.75, 3.05) is 0 Å². The normalized spacial score (nSPS) is 38.6. The first-order valence-corrected chi connectivity index (χ1v) is 11.8. The Hall–Kier alpha value is -0.0831. The molecule has 0 bridgehead atoms.